The molecule has 0 bridgehead atoms. The molecule has 1 N–H and O–H groups in total. The van der Waals surface area contributed by atoms with Gasteiger partial charge in [0.15, 0.2) is 0 Å². The molecule has 1 aromatic rings. The van der Waals surface area contributed by atoms with Crippen LogP contribution in [0.15, 0.2) is 12.4 Å². The molecule has 1 aliphatic heterocycles. The van der Waals surface area contributed by atoms with Crippen molar-refractivity contribution in [2.75, 3.05) is 48.0 Å². The van der Waals surface area contributed by atoms with Crippen molar-refractivity contribution in [3.05, 3.63) is 12.4 Å². The molecule has 0 radical (unpaired) electrons. The second kappa shape index (κ2) is 6.24. The van der Waals surface area contributed by atoms with E-state index in [1.165, 1.54) is 0 Å². The van der Waals surface area contributed by atoms with E-state index in [0.29, 0.717) is 6.54 Å². The van der Waals surface area contributed by atoms with Crippen LogP contribution in [-0.2, 0) is 0 Å². The molecule has 1 aromatic heterocycles. The number of rotatable bonds is 4. The molecule has 0 amide bonds. The van der Waals surface area contributed by atoms with Crippen molar-refractivity contribution in [1.82, 2.24) is 9.97 Å². The summed E-state index contributed by atoms with van der Waals surface area (Å²) in [6, 6.07) is 2.00. The molecule has 1 unspecified atom stereocenters. The highest BCUT2D eigenvalue weighted by atomic mass is 32.2. The highest BCUT2D eigenvalue weighted by Gasteiger charge is 2.14. The van der Waals surface area contributed by atoms with E-state index in [-0.39, 0.29) is 6.10 Å². The summed E-state index contributed by atoms with van der Waals surface area (Å²) >= 11 is 1.98. The van der Waals surface area contributed by atoms with Crippen molar-refractivity contribution in [3.63, 3.8) is 0 Å². The van der Waals surface area contributed by atoms with Crippen LogP contribution in [-0.4, -0.2) is 59.4 Å². The van der Waals surface area contributed by atoms with Gasteiger partial charge in [-0.15, -0.1) is 0 Å². The normalized spacial score (nSPS) is 17.6. The summed E-state index contributed by atoms with van der Waals surface area (Å²) in [5.41, 5.74) is 0. The Balaban J connectivity index is 2.08. The maximum atomic E-state index is 9.40. The lowest BCUT2D eigenvalue weighted by Crippen LogP contribution is -2.33. The van der Waals surface area contributed by atoms with Gasteiger partial charge in [0.2, 0.25) is 0 Å². The van der Waals surface area contributed by atoms with Crippen LogP contribution in [0.25, 0.3) is 0 Å². The summed E-state index contributed by atoms with van der Waals surface area (Å²) in [4.78, 5) is 12.8. The zero-order chi connectivity index (χ0) is 13.0. The molecule has 1 fully saturated rings. The van der Waals surface area contributed by atoms with Gasteiger partial charge in [-0.1, -0.05) is 0 Å². The SMILES string of the molecule is CC(O)CN(C)c1cc(N2CCSCC2)ncn1. The van der Waals surface area contributed by atoms with Gasteiger partial charge in [-0.2, -0.15) is 11.8 Å². The molecule has 5 nitrogen and oxygen atoms in total. The third-order valence-corrected chi connectivity index (χ3v) is 3.84. The third-order valence-electron chi connectivity index (χ3n) is 2.90. The van der Waals surface area contributed by atoms with Gasteiger partial charge < -0.3 is 14.9 Å². The zero-order valence-electron chi connectivity index (χ0n) is 10.9. The number of aliphatic hydroxyl groups excluding tert-OH is 1. The zero-order valence-corrected chi connectivity index (χ0v) is 11.7. The fourth-order valence-electron chi connectivity index (χ4n) is 2.00. The Hall–Kier alpha value is -1.01. The predicted octanol–water partition coefficient (Wildman–Crippen LogP) is 0.847. The maximum Gasteiger partial charge on any atom is 0.134 e. The number of anilines is 2. The van der Waals surface area contributed by atoms with Crippen molar-refractivity contribution in [2.24, 2.45) is 0 Å². The molecule has 100 valence electrons. The summed E-state index contributed by atoms with van der Waals surface area (Å²) < 4.78 is 0. The lowest BCUT2D eigenvalue weighted by atomic mass is 10.3. The van der Waals surface area contributed by atoms with E-state index < -0.39 is 0 Å². The van der Waals surface area contributed by atoms with E-state index in [9.17, 15) is 5.11 Å². The van der Waals surface area contributed by atoms with Gasteiger partial charge in [0.25, 0.3) is 0 Å². The van der Waals surface area contributed by atoms with Crippen molar-refractivity contribution >= 4 is 23.4 Å². The van der Waals surface area contributed by atoms with Crippen molar-refractivity contribution < 1.29 is 5.11 Å². The molecular weight excluding hydrogens is 248 g/mol. The van der Waals surface area contributed by atoms with E-state index >= 15 is 0 Å². The number of hydrogen-bond donors (Lipinski definition) is 1. The molecule has 2 rings (SSSR count). The van der Waals surface area contributed by atoms with Gasteiger partial charge in [-0.25, -0.2) is 9.97 Å². The van der Waals surface area contributed by atoms with E-state index in [1.807, 2.05) is 29.8 Å². The van der Waals surface area contributed by atoms with Gasteiger partial charge in [0.05, 0.1) is 6.10 Å². The summed E-state index contributed by atoms with van der Waals surface area (Å²) in [6.45, 7) is 4.44. The second-order valence-corrected chi connectivity index (χ2v) is 5.79. The van der Waals surface area contributed by atoms with Crippen LogP contribution < -0.4 is 9.80 Å². The standard InChI is InChI=1S/C12H20N4OS/c1-10(17)8-15(2)11-7-12(14-9-13-11)16-3-5-18-6-4-16/h7,9-10,17H,3-6,8H2,1-2H3. The Bertz CT molecular complexity index is 382. The maximum absolute atomic E-state index is 9.40. The van der Waals surface area contributed by atoms with Crippen LogP contribution in [0.4, 0.5) is 11.6 Å². The number of hydrogen-bond acceptors (Lipinski definition) is 6. The molecule has 6 heteroatoms. The first-order valence-electron chi connectivity index (χ1n) is 6.21. The van der Waals surface area contributed by atoms with Crippen molar-refractivity contribution in [1.29, 1.82) is 0 Å². The minimum atomic E-state index is -0.361. The fraction of sp³-hybridized carbons (Fsp3) is 0.667. The van der Waals surface area contributed by atoms with Crippen LogP contribution in [0.2, 0.25) is 0 Å². The minimum absolute atomic E-state index is 0.361. The summed E-state index contributed by atoms with van der Waals surface area (Å²) in [5.74, 6) is 4.16. The molecule has 1 atom stereocenters. The van der Waals surface area contributed by atoms with E-state index in [2.05, 4.69) is 14.9 Å². The average molecular weight is 268 g/mol. The topological polar surface area (TPSA) is 52.5 Å². The number of aromatic nitrogens is 2. The van der Waals surface area contributed by atoms with Gasteiger partial charge in [0.1, 0.15) is 18.0 Å². The lowest BCUT2D eigenvalue weighted by molar-refractivity contribution is 0.201. The van der Waals surface area contributed by atoms with Gasteiger partial charge in [-0.3, -0.25) is 0 Å². The van der Waals surface area contributed by atoms with E-state index in [1.54, 1.807) is 13.3 Å². The number of thioether (sulfide) groups is 1. The van der Waals surface area contributed by atoms with E-state index in [0.717, 1.165) is 36.2 Å². The first-order valence-corrected chi connectivity index (χ1v) is 7.36. The number of likely N-dealkylation sites (N-methyl/N-ethyl adjacent to an activating group) is 1. The first-order chi connectivity index (χ1) is 8.66. The molecule has 18 heavy (non-hydrogen) atoms. The summed E-state index contributed by atoms with van der Waals surface area (Å²) in [7, 11) is 1.94. The number of nitrogens with zero attached hydrogens (tertiary/aromatic N) is 4. The second-order valence-electron chi connectivity index (χ2n) is 4.56. The quantitative estimate of drug-likeness (QED) is 0.873. The Labute approximate surface area is 112 Å². The summed E-state index contributed by atoms with van der Waals surface area (Å²) in [6.07, 6.45) is 1.24. The van der Waals surface area contributed by atoms with Gasteiger partial charge in [0, 0.05) is 44.3 Å². The van der Waals surface area contributed by atoms with Crippen molar-refractivity contribution in [2.45, 2.75) is 13.0 Å². The molecule has 2 heterocycles. The number of aliphatic hydroxyl groups is 1. The van der Waals surface area contributed by atoms with Crippen LogP contribution in [0.5, 0.6) is 0 Å². The Kier molecular flexibility index (Phi) is 4.66. The lowest BCUT2D eigenvalue weighted by Gasteiger charge is -2.28. The Morgan fingerprint density at radius 3 is 2.83 bits per heavy atom. The van der Waals surface area contributed by atoms with Gasteiger partial charge >= 0.3 is 0 Å². The fourth-order valence-corrected chi connectivity index (χ4v) is 2.90. The minimum Gasteiger partial charge on any atom is -0.392 e. The highest BCUT2D eigenvalue weighted by molar-refractivity contribution is 7.99. The van der Waals surface area contributed by atoms with Crippen LogP contribution in [0.3, 0.4) is 0 Å². The molecular formula is C12H20N4OS. The van der Waals surface area contributed by atoms with E-state index in [4.69, 9.17) is 0 Å². The monoisotopic (exact) mass is 268 g/mol. The molecule has 0 saturated carbocycles. The van der Waals surface area contributed by atoms with Crippen LogP contribution in [0, 0.1) is 0 Å². The molecule has 0 aliphatic carbocycles. The van der Waals surface area contributed by atoms with Gasteiger partial charge in [-0.05, 0) is 6.92 Å². The molecule has 1 aliphatic rings. The molecule has 0 spiro atoms. The van der Waals surface area contributed by atoms with Crippen LogP contribution in [0.1, 0.15) is 6.92 Å². The molecule has 1 saturated heterocycles. The largest absolute Gasteiger partial charge is 0.392 e. The summed E-state index contributed by atoms with van der Waals surface area (Å²) in [5, 5.41) is 9.40. The Morgan fingerprint density at radius 1 is 1.44 bits per heavy atom. The Morgan fingerprint density at radius 2 is 2.17 bits per heavy atom. The predicted molar refractivity (Wildman–Crippen MR) is 76.5 cm³/mol. The molecule has 0 aromatic carbocycles. The first kappa shape index (κ1) is 13.4. The smallest absolute Gasteiger partial charge is 0.134 e. The average Bonchev–Trinajstić information content (AvgIpc) is 2.39. The van der Waals surface area contributed by atoms with Crippen LogP contribution >= 0.6 is 11.8 Å². The third kappa shape index (κ3) is 3.49. The van der Waals surface area contributed by atoms with Crippen molar-refractivity contribution in [3.8, 4) is 0 Å². The highest BCUT2D eigenvalue weighted by Crippen LogP contribution is 2.20.